The standard InChI is InChI=1S/C9H18N2O2/c1-10-6-2-3-7-11-9(13)5-4-8-12/h8,10H,2-7H2,1H3,(H,11,13). The minimum absolute atomic E-state index is 0.0310. The SMILES string of the molecule is CNCCCCNC(=O)CCC=O. The third-order valence-electron chi connectivity index (χ3n) is 1.66. The second-order valence-corrected chi connectivity index (χ2v) is 2.87. The number of amides is 1. The Morgan fingerprint density at radius 2 is 2.00 bits per heavy atom. The molecule has 0 aromatic heterocycles. The summed E-state index contributed by atoms with van der Waals surface area (Å²) in [5.41, 5.74) is 0. The number of nitrogens with one attached hydrogen (secondary N) is 2. The van der Waals surface area contributed by atoms with Crippen LogP contribution in [0.2, 0.25) is 0 Å². The number of hydrogen-bond acceptors (Lipinski definition) is 3. The number of carbonyl (C=O) groups excluding carboxylic acids is 2. The van der Waals surface area contributed by atoms with Gasteiger partial charge in [-0.1, -0.05) is 0 Å². The second-order valence-electron chi connectivity index (χ2n) is 2.87. The van der Waals surface area contributed by atoms with E-state index in [-0.39, 0.29) is 5.91 Å². The molecule has 0 aliphatic rings. The first-order valence-corrected chi connectivity index (χ1v) is 4.66. The molecule has 0 aliphatic heterocycles. The van der Waals surface area contributed by atoms with E-state index in [4.69, 9.17) is 0 Å². The van der Waals surface area contributed by atoms with Gasteiger partial charge in [0.2, 0.25) is 5.91 Å². The Labute approximate surface area is 79.1 Å². The lowest BCUT2D eigenvalue weighted by Crippen LogP contribution is -2.24. The van der Waals surface area contributed by atoms with Gasteiger partial charge in [0.25, 0.3) is 0 Å². The number of carbonyl (C=O) groups is 2. The molecule has 2 N–H and O–H groups in total. The Morgan fingerprint density at radius 3 is 2.62 bits per heavy atom. The average molecular weight is 186 g/mol. The first-order valence-electron chi connectivity index (χ1n) is 4.66. The van der Waals surface area contributed by atoms with Gasteiger partial charge in [-0.15, -0.1) is 0 Å². The molecule has 0 heterocycles. The molecule has 0 aromatic carbocycles. The third kappa shape index (κ3) is 9.01. The zero-order valence-electron chi connectivity index (χ0n) is 8.14. The lowest BCUT2D eigenvalue weighted by molar-refractivity contribution is -0.122. The van der Waals surface area contributed by atoms with Crippen LogP contribution in [0.3, 0.4) is 0 Å². The molecule has 0 unspecified atom stereocenters. The van der Waals surface area contributed by atoms with Crippen LogP contribution < -0.4 is 10.6 Å². The number of hydrogen-bond donors (Lipinski definition) is 2. The zero-order valence-corrected chi connectivity index (χ0v) is 8.14. The summed E-state index contributed by atoms with van der Waals surface area (Å²) in [6.45, 7) is 1.68. The molecule has 0 fully saturated rings. The van der Waals surface area contributed by atoms with Crippen LogP contribution >= 0.6 is 0 Å². The van der Waals surface area contributed by atoms with Crippen LogP contribution in [-0.4, -0.2) is 32.3 Å². The molecule has 4 heteroatoms. The quantitative estimate of drug-likeness (QED) is 0.417. The Hall–Kier alpha value is -0.900. The summed E-state index contributed by atoms with van der Waals surface area (Å²) in [6, 6.07) is 0. The van der Waals surface area contributed by atoms with Gasteiger partial charge < -0.3 is 15.4 Å². The Bertz CT molecular complexity index is 149. The summed E-state index contributed by atoms with van der Waals surface area (Å²) in [5.74, 6) is -0.0310. The molecule has 0 radical (unpaired) electrons. The van der Waals surface area contributed by atoms with Crippen LogP contribution in [0.15, 0.2) is 0 Å². The fourth-order valence-corrected chi connectivity index (χ4v) is 0.933. The average Bonchev–Trinajstić information content (AvgIpc) is 2.14. The Balaban J connectivity index is 3.12. The molecule has 0 saturated heterocycles. The summed E-state index contributed by atoms with van der Waals surface area (Å²) < 4.78 is 0. The molecule has 1 amide bonds. The molecule has 0 spiro atoms. The van der Waals surface area contributed by atoms with Crippen LogP contribution in [0.25, 0.3) is 0 Å². The Morgan fingerprint density at radius 1 is 1.31 bits per heavy atom. The van der Waals surface area contributed by atoms with Crippen LogP contribution in [-0.2, 0) is 9.59 Å². The predicted octanol–water partition coefficient (Wildman–Crippen LogP) is 0.0813. The van der Waals surface area contributed by atoms with E-state index >= 15 is 0 Å². The van der Waals surface area contributed by atoms with E-state index in [1.807, 2.05) is 7.05 Å². The Kier molecular flexibility index (Phi) is 8.55. The molecule has 4 nitrogen and oxygen atoms in total. The molecule has 76 valence electrons. The fraction of sp³-hybridized carbons (Fsp3) is 0.778. The van der Waals surface area contributed by atoms with Crippen molar-refractivity contribution in [2.75, 3.05) is 20.1 Å². The highest BCUT2D eigenvalue weighted by Crippen LogP contribution is 1.87. The normalized spacial score (nSPS) is 9.62. The maximum Gasteiger partial charge on any atom is 0.220 e. The van der Waals surface area contributed by atoms with Crippen molar-refractivity contribution in [1.29, 1.82) is 0 Å². The van der Waals surface area contributed by atoms with Gasteiger partial charge >= 0.3 is 0 Å². The van der Waals surface area contributed by atoms with E-state index in [1.54, 1.807) is 0 Å². The first kappa shape index (κ1) is 12.1. The minimum atomic E-state index is -0.0310. The molecular weight excluding hydrogens is 168 g/mol. The van der Waals surface area contributed by atoms with Gasteiger partial charge in [-0.3, -0.25) is 4.79 Å². The summed E-state index contributed by atoms with van der Waals surface area (Å²) in [4.78, 5) is 20.9. The van der Waals surface area contributed by atoms with Gasteiger partial charge in [-0.25, -0.2) is 0 Å². The maximum atomic E-state index is 10.9. The number of rotatable bonds is 8. The summed E-state index contributed by atoms with van der Waals surface area (Å²) >= 11 is 0. The fourth-order valence-electron chi connectivity index (χ4n) is 0.933. The van der Waals surface area contributed by atoms with Gasteiger partial charge in [0.05, 0.1) is 0 Å². The molecule has 0 bridgehead atoms. The van der Waals surface area contributed by atoms with Crippen LogP contribution in [0.5, 0.6) is 0 Å². The monoisotopic (exact) mass is 186 g/mol. The lowest BCUT2D eigenvalue weighted by atomic mass is 10.3. The molecule has 0 atom stereocenters. The van der Waals surface area contributed by atoms with E-state index in [1.165, 1.54) is 0 Å². The van der Waals surface area contributed by atoms with Gasteiger partial charge in [-0.2, -0.15) is 0 Å². The van der Waals surface area contributed by atoms with Crippen molar-refractivity contribution in [3.8, 4) is 0 Å². The first-order chi connectivity index (χ1) is 6.31. The van der Waals surface area contributed by atoms with Crippen LogP contribution in [0.4, 0.5) is 0 Å². The number of unbranched alkanes of at least 4 members (excludes halogenated alkanes) is 1. The summed E-state index contributed by atoms with van der Waals surface area (Å²) in [6.07, 6.45) is 3.44. The highest BCUT2D eigenvalue weighted by atomic mass is 16.1. The van der Waals surface area contributed by atoms with Crippen molar-refractivity contribution in [1.82, 2.24) is 10.6 Å². The van der Waals surface area contributed by atoms with Crippen LogP contribution in [0.1, 0.15) is 25.7 Å². The van der Waals surface area contributed by atoms with E-state index in [0.717, 1.165) is 25.7 Å². The van der Waals surface area contributed by atoms with Gasteiger partial charge in [0.15, 0.2) is 0 Å². The van der Waals surface area contributed by atoms with Gasteiger partial charge in [-0.05, 0) is 26.4 Å². The zero-order chi connectivity index (χ0) is 9.94. The van der Waals surface area contributed by atoms with Crippen molar-refractivity contribution in [3.63, 3.8) is 0 Å². The van der Waals surface area contributed by atoms with Gasteiger partial charge in [0, 0.05) is 19.4 Å². The topological polar surface area (TPSA) is 58.2 Å². The maximum absolute atomic E-state index is 10.9. The molecule has 0 rings (SSSR count). The smallest absolute Gasteiger partial charge is 0.220 e. The number of aldehydes is 1. The molecule has 0 saturated carbocycles. The van der Waals surface area contributed by atoms with E-state index in [0.29, 0.717) is 19.4 Å². The van der Waals surface area contributed by atoms with Crippen molar-refractivity contribution >= 4 is 12.2 Å². The second kappa shape index (κ2) is 9.19. The highest BCUT2D eigenvalue weighted by Gasteiger charge is 1.98. The van der Waals surface area contributed by atoms with E-state index in [2.05, 4.69) is 10.6 Å². The van der Waals surface area contributed by atoms with Crippen LogP contribution in [0, 0.1) is 0 Å². The van der Waals surface area contributed by atoms with Gasteiger partial charge in [0.1, 0.15) is 6.29 Å². The summed E-state index contributed by atoms with van der Waals surface area (Å²) in [5, 5.41) is 5.78. The molecule has 0 aromatic rings. The van der Waals surface area contributed by atoms with Crippen molar-refractivity contribution in [3.05, 3.63) is 0 Å². The third-order valence-corrected chi connectivity index (χ3v) is 1.66. The molecule has 0 aliphatic carbocycles. The highest BCUT2D eigenvalue weighted by molar-refractivity contribution is 5.77. The molecule has 13 heavy (non-hydrogen) atoms. The van der Waals surface area contributed by atoms with Crippen molar-refractivity contribution < 1.29 is 9.59 Å². The van der Waals surface area contributed by atoms with E-state index in [9.17, 15) is 9.59 Å². The lowest BCUT2D eigenvalue weighted by Gasteiger charge is -2.03. The largest absolute Gasteiger partial charge is 0.356 e. The predicted molar refractivity (Wildman–Crippen MR) is 51.5 cm³/mol. The summed E-state index contributed by atoms with van der Waals surface area (Å²) in [7, 11) is 1.91. The van der Waals surface area contributed by atoms with Crippen molar-refractivity contribution in [2.24, 2.45) is 0 Å². The van der Waals surface area contributed by atoms with Crippen molar-refractivity contribution in [2.45, 2.75) is 25.7 Å². The minimum Gasteiger partial charge on any atom is -0.356 e. The molecular formula is C9H18N2O2. The van der Waals surface area contributed by atoms with E-state index < -0.39 is 0 Å².